The molecule has 2 aromatic heterocycles. The molecule has 45 heavy (non-hydrogen) atoms. The fourth-order valence-corrected chi connectivity index (χ4v) is 6.97. The van der Waals surface area contributed by atoms with Gasteiger partial charge in [0.1, 0.15) is 21.6 Å². The Morgan fingerprint density at radius 1 is 0.911 bits per heavy atom. The number of anilines is 1. The maximum Gasteiger partial charge on any atom is 0.283 e. The Hall–Kier alpha value is -3.77. The number of pyridine rings is 1. The van der Waals surface area contributed by atoms with Crippen LogP contribution in [0.3, 0.4) is 0 Å². The molecule has 9 nitrogen and oxygen atoms in total. The average Bonchev–Trinajstić information content (AvgIpc) is 3.43. The molecule has 0 bridgehead atoms. The first-order chi connectivity index (χ1) is 21.8. The van der Waals surface area contributed by atoms with E-state index >= 15 is 0 Å². The Morgan fingerprint density at radius 3 is 2.42 bits per heavy atom. The van der Waals surface area contributed by atoms with Gasteiger partial charge in [-0.2, -0.15) is 17.6 Å². The first-order valence-electron chi connectivity index (χ1n) is 15.0. The molecule has 0 saturated carbocycles. The van der Waals surface area contributed by atoms with Crippen LogP contribution in [0.2, 0.25) is 0 Å². The highest BCUT2D eigenvalue weighted by molar-refractivity contribution is 9.10. The van der Waals surface area contributed by atoms with Gasteiger partial charge in [0.15, 0.2) is 0 Å². The van der Waals surface area contributed by atoms with E-state index in [9.17, 15) is 8.42 Å². The van der Waals surface area contributed by atoms with Crippen molar-refractivity contribution >= 4 is 42.5 Å². The van der Waals surface area contributed by atoms with E-state index in [-0.39, 0.29) is 4.90 Å². The van der Waals surface area contributed by atoms with Crippen molar-refractivity contribution in [1.29, 1.82) is 0 Å². The second-order valence-corrected chi connectivity index (χ2v) is 13.8. The molecular weight excluding hydrogens is 654 g/mol. The minimum Gasteiger partial charge on any atom is -0.491 e. The van der Waals surface area contributed by atoms with Crippen LogP contribution >= 0.6 is 15.9 Å². The number of halogens is 1. The zero-order chi connectivity index (χ0) is 31.4. The van der Waals surface area contributed by atoms with Gasteiger partial charge < -0.3 is 19.3 Å². The summed E-state index contributed by atoms with van der Waals surface area (Å²) in [5.41, 5.74) is 4.81. The lowest BCUT2D eigenvalue weighted by atomic mass is 10.1. The molecule has 0 aliphatic carbocycles. The van der Waals surface area contributed by atoms with Gasteiger partial charge in [-0.25, -0.2) is 4.98 Å². The van der Waals surface area contributed by atoms with Gasteiger partial charge in [0.05, 0.1) is 36.6 Å². The summed E-state index contributed by atoms with van der Waals surface area (Å²) in [6.07, 6.45) is 2.26. The minimum atomic E-state index is -3.97. The van der Waals surface area contributed by atoms with Crippen LogP contribution in [0.15, 0.2) is 94.6 Å². The van der Waals surface area contributed by atoms with Gasteiger partial charge in [-0.05, 0) is 65.8 Å². The average molecular weight is 691 g/mol. The predicted octanol–water partition coefficient (Wildman–Crippen LogP) is 6.14. The van der Waals surface area contributed by atoms with Crippen LogP contribution in [0.4, 0.5) is 5.69 Å². The fourth-order valence-electron chi connectivity index (χ4n) is 5.36. The fraction of sp³-hybridized carbons (Fsp3) is 0.294. The monoisotopic (exact) mass is 689 g/mol. The van der Waals surface area contributed by atoms with Crippen molar-refractivity contribution in [3.8, 4) is 17.0 Å². The Balaban J connectivity index is 1.31. The number of nitrogens with zero attached hydrogens (tertiary/aromatic N) is 5. The zero-order valence-electron chi connectivity index (χ0n) is 25.4. The summed E-state index contributed by atoms with van der Waals surface area (Å²) in [6.45, 7) is 7.23. The van der Waals surface area contributed by atoms with Crippen molar-refractivity contribution in [3.05, 3.63) is 101 Å². The highest BCUT2D eigenvalue weighted by atomic mass is 79.9. The molecule has 234 valence electrons. The standard InChI is InChI=1S/C34H36BrN5O4S/c1-25-9-12-28(13-10-25)45(41,42)40-31-23-36-33(35)22-29(31)34(37-40)27-11-14-30(39-17-15-38(2)16-18-39)32(21-27)44-20-6-19-43-24-26-7-4-3-5-8-26/h3-5,7-14,21-23H,6,15-20,24H2,1-2H3. The van der Waals surface area contributed by atoms with Crippen LogP contribution in [-0.2, 0) is 21.4 Å². The molecule has 0 radical (unpaired) electrons. The summed E-state index contributed by atoms with van der Waals surface area (Å²) < 4.78 is 41.5. The molecule has 0 spiro atoms. The summed E-state index contributed by atoms with van der Waals surface area (Å²) in [7, 11) is -1.84. The van der Waals surface area contributed by atoms with Crippen molar-refractivity contribution in [2.45, 2.75) is 24.8 Å². The van der Waals surface area contributed by atoms with Crippen molar-refractivity contribution in [2.75, 3.05) is 51.3 Å². The Bertz CT molecular complexity index is 1870. The molecule has 0 amide bonds. The van der Waals surface area contributed by atoms with Crippen molar-refractivity contribution in [3.63, 3.8) is 0 Å². The molecule has 0 unspecified atom stereocenters. The summed E-state index contributed by atoms with van der Waals surface area (Å²) in [6, 6.07) is 24.7. The van der Waals surface area contributed by atoms with Gasteiger partial charge in [0, 0.05) is 43.5 Å². The molecule has 6 rings (SSSR count). The molecular formula is C34H36BrN5O4S. The highest BCUT2D eigenvalue weighted by Crippen LogP contribution is 2.37. The van der Waals surface area contributed by atoms with E-state index in [2.05, 4.69) is 61.1 Å². The molecule has 3 heterocycles. The maximum absolute atomic E-state index is 13.8. The zero-order valence-corrected chi connectivity index (χ0v) is 27.8. The van der Waals surface area contributed by atoms with Crippen molar-refractivity contribution in [2.24, 2.45) is 0 Å². The van der Waals surface area contributed by atoms with E-state index in [0.717, 1.165) is 64.8 Å². The molecule has 0 N–H and O–H groups in total. The lowest BCUT2D eigenvalue weighted by molar-refractivity contribution is 0.107. The second kappa shape index (κ2) is 13.7. The van der Waals surface area contributed by atoms with Gasteiger partial charge in [0.25, 0.3) is 10.0 Å². The van der Waals surface area contributed by atoms with Gasteiger partial charge in [-0.15, -0.1) is 0 Å². The second-order valence-electron chi connectivity index (χ2n) is 11.2. The third-order valence-electron chi connectivity index (χ3n) is 7.93. The number of aryl methyl sites for hydroxylation is 1. The third kappa shape index (κ3) is 7.06. The number of piperazine rings is 1. The molecule has 1 aliphatic rings. The molecule has 0 atom stereocenters. The third-order valence-corrected chi connectivity index (χ3v) is 9.96. The molecule has 5 aromatic rings. The largest absolute Gasteiger partial charge is 0.491 e. The Labute approximate surface area is 272 Å². The highest BCUT2D eigenvalue weighted by Gasteiger charge is 2.25. The molecule has 3 aromatic carbocycles. The normalized spacial score (nSPS) is 14.2. The van der Waals surface area contributed by atoms with E-state index in [0.29, 0.717) is 41.0 Å². The smallest absolute Gasteiger partial charge is 0.283 e. The van der Waals surface area contributed by atoms with Crippen molar-refractivity contribution in [1.82, 2.24) is 19.1 Å². The van der Waals surface area contributed by atoms with Crippen LogP contribution in [0, 0.1) is 6.92 Å². The molecule has 1 aliphatic heterocycles. The Kier molecular flexibility index (Phi) is 9.50. The first-order valence-corrected chi connectivity index (χ1v) is 17.2. The molecule has 1 saturated heterocycles. The number of hydrogen-bond donors (Lipinski definition) is 0. The predicted molar refractivity (Wildman–Crippen MR) is 180 cm³/mol. The number of aromatic nitrogens is 3. The van der Waals surface area contributed by atoms with Crippen molar-refractivity contribution < 1.29 is 17.9 Å². The van der Waals surface area contributed by atoms with Gasteiger partial charge in [-0.3, -0.25) is 0 Å². The number of ether oxygens (including phenoxy) is 2. The van der Waals surface area contributed by atoms with Gasteiger partial charge >= 0.3 is 0 Å². The van der Waals surface area contributed by atoms with Crippen LogP contribution < -0.4 is 9.64 Å². The minimum absolute atomic E-state index is 0.163. The van der Waals surface area contributed by atoms with Crippen LogP contribution in [0.25, 0.3) is 22.2 Å². The molecule has 11 heteroatoms. The van der Waals surface area contributed by atoms with E-state index in [1.165, 1.54) is 6.20 Å². The Morgan fingerprint density at radius 2 is 1.67 bits per heavy atom. The van der Waals surface area contributed by atoms with Gasteiger partial charge in [0.2, 0.25) is 0 Å². The SMILES string of the molecule is Cc1ccc(S(=O)(=O)n2nc(-c3ccc(N4CCN(C)CC4)c(OCCCOCc4ccccc4)c3)c3cc(Br)ncc32)cc1. The van der Waals surface area contributed by atoms with Crippen LogP contribution in [-0.4, -0.2) is 73.9 Å². The number of fused-ring (bicyclic) bond motifs is 1. The van der Waals surface area contributed by atoms with E-state index in [1.54, 1.807) is 30.3 Å². The quantitative estimate of drug-likeness (QED) is 0.121. The number of rotatable bonds is 11. The number of hydrogen-bond acceptors (Lipinski definition) is 8. The molecule has 1 fully saturated rings. The first kappa shape index (κ1) is 31.2. The summed E-state index contributed by atoms with van der Waals surface area (Å²) in [5.74, 6) is 0.734. The van der Waals surface area contributed by atoms with Gasteiger partial charge in [-0.1, -0.05) is 54.1 Å². The van der Waals surface area contributed by atoms with Crippen LogP contribution in [0.5, 0.6) is 5.75 Å². The summed E-state index contributed by atoms with van der Waals surface area (Å²) in [4.78, 5) is 9.14. The lowest BCUT2D eigenvalue weighted by Crippen LogP contribution is -2.44. The lowest BCUT2D eigenvalue weighted by Gasteiger charge is -2.35. The number of likely N-dealkylation sites (N-methyl/N-ethyl adjacent to an activating group) is 1. The summed E-state index contributed by atoms with van der Waals surface area (Å²) >= 11 is 3.46. The van der Waals surface area contributed by atoms with E-state index in [4.69, 9.17) is 9.47 Å². The maximum atomic E-state index is 13.8. The van der Waals surface area contributed by atoms with E-state index in [1.807, 2.05) is 37.3 Å². The van der Waals surface area contributed by atoms with E-state index < -0.39 is 10.0 Å². The number of benzene rings is 3. The topological polar surface area (TPSA) is 89.8 Å². The van der Waals surface area contributed by atoms with Crippen LogP contribution in [0.1, 0.15) is 17.5 Å². The summed E-state index contributed by atoms with van der Waals surface area (Å²) in [5, 5.41) is 5.35.